The van der Waals surface area contributed by atoms with Crippen LogP contribution in [-0.4, -0.2) is 30.4 Å². The van der Waals surface area contributed by atoms with Crippen LogP contribution in [0.15, 0.2) is 53.0 Å². The number of esters is 1. The molecule has 0 radical (unpaired) electrons. The van der Waals surface area contributed by atoms with Gasteiger partial charge in [0.15, 0.2) is 0 Å². The maximum atomic E-state index is 11.3. The Morgan fingerprint density at radius 2 is 2.07 bits per heavy atom. The number of rotatable bonds is 10. The van der Waals surface area contributed by atoms with Crippen molar-refractivity contribution in [2.45, 2.75) is 39.2 Å². The molecule has 1 atom stereocenters. The average molecular weight is 415 g/mol. The Balaban J connectivity index is 1.43. The lowest BCUT2D eigenvalue weighted by molar-refractivity contribution is -0.142. The highest BCUT2D eigenvalue weighted by atomic mass is 32.1. The van der Waals surface area contributed by atoms with E-state index in [0.717, 1.165) is 40.2 Å². The molecule has 0 aliphatic rings. The molecule has 0 amide bonds. The standard InChI is InChI=1S/C23H26O5S/c1-15(2)23(25)27-14-18(24)6-4-5-11-26-19-9-8-17-12-21(28-20(17)13-19)22-10-7-16(3)29-22/h7-10,12-13,18,24H,1,4-6,11,14H2,2-3H3. The molecule has 0 aliphatic heterocycles. The van der Waals surface area contributed by atoms with Gasteiger partial charge in [-0.05, 0) is 63.4 Å². The summed E-state index contributed by atoms with van der Waals surface area (Å²) in [6.45, 7) is 7.70. The van der Waals surface area contributed by atoms with Crippen molar-refractivity contribution >= 4 is 28.3 Å². The predicted molar refractivity (Wildman–Crippen MR) is 115 cm³/mol. The third-order valence-electron chi connectivity index (χ3n) is 4.43. The van der Waals surface area contributed by atoms with Crippen LogP contribution in [-0.2, 0) is 9.53 Å². The number of carbonyl (C=O) groups is 1. The Morgan fingerprint density at radius 3 is 2.79 bits per heavy atom. The smallest absolute Gasteiger partial charge is 0.333 e. The Bertz CT molecular complexity index is 984. The first-order valence-corrected chi connectivity index (χ1v) is 10.5. The maximum Gasteiger partial charge on any atom is 0.333 e. The highest BCUT2D eigenvalue weighted by Gasteiger charge is 2.10. The number of benzene rings is 1. The first-order valence-electron chi connectivity index (χ1n) is 9.66. The predicted octanol–water partition coefficient (Wildman–Crippen LogP) is 5.50. The van der Waals surface area contributed by atoms with Gasteiger partial charge in [0.05, 0.1) is 17.6 Å². The highest BCUT2D eigenvalue weighted by molar-refractivity contribution is 7.15. The average Bonchev–Trinajstić information content (AvgIpc) is 3.31. The highest BCUT2D eigenvalue weighted by Crippen LogP contribution is 2.33. The van der Waals surface area contributed by atoms with Crippen molar-refractivity contribution < 1.29 is 23.8 Å². The second-order valence-corrected chi connectivity index (χ2v) is 8.39. The van der Waals surface area contributed by atoms with E-state index in [0.29, 0.717) is 18.6 Å². The van der Waals surface area contributed by atoms with Crippen LogP contribution in [0, 0.1) is 6.92 Å². The quantitative estimate of drug-likeness (QED) is 0.270. The second kappa shape index (κ2) is 9.76. The third kappa shape index (κ3) is 5.95. The lowest BCUT2D eigenvalue weighted by Crippen LogP contribution is -2.19. The van der Waals surface area contributed by atoms with E-state index in [-0.39, 0.29) is 6.61 Å². The molecule has 0 saturated heterocycles. The summed E-state index contributed by atoms with van der Waals surface area (Å²) in [6.07, 6.45) is 1.45. The molecule has 29 heavy (non-hydrogen) atoms. The van der Waals surface area contributed by atoms with Crippen LogP contribution in [0.2, 0.25) is 0 Å². The van der Waals surface area contributed by atoms with Crippen molar-refractivity contribution in [2.75, 3.05) is 13.2 Å². The monoisotopic (exact) mass is 414 g/mol. The number of hydrogen-bond acceptors (Lipinski definition) is 6. The van der Waals surface area contributed by atoms with Crippen molar-refractivity contribution in [2.24, 2.45) is 0 Å². The topological polar surface area (TPSA) is 68.9 Å². The van der Waals surface area contributed by atoms with Gasteiger partial charge in [-0.3, -0.25) is 0 Å². The summed E-state index contributed by atoms with van der Waals surface area (Å²) in [6, 6.07) is 12.1. The maximum absolute atomic E-state index is 11.3. The molecule has 1 aromatic carbocycles. The molecular weight excluding hydrogens is 388 g/mol. The zero-order valence-corrected chi connectivity index (χ0v) is 17.6. The molecule has 1 N–H and O–H groups in total. The summed E-state index contributed by atoms with van der Waals surface area (Å²) in [7, 11) is 0. The molecule has 3 aromatic rings. The number of furan rings is 1. The Morgan fingerprint density at radius 1 is 1.24 bits per heavy atom. The molecule has 0 spiro atoms. The first-order chi connectivity index (χ1) is 13.9. The van der Waals surface area contributed by atoms with Crippen LogP contribution < -0.4 is 4.74 Å². The number of aliphatic hydroxyl groups excluding tert-OH is 1. The lowest BCUT2D eigenvalue weighted by atomic mass is 10.1. The fourth-order valence-electron chi connectivity index (χ4n) is 2.84. The van der Waals surface area contributed by atoms with E-state index >= 15 is 0 Å². The van der Waals surface area contributed by atoms with Gasteiger partial charge in [-0.2, -0.15) is 0 Å². The van der Waals surface area contributed by atoms with Crippen molar-refractivity contribution in [3.63, 3.8) is 0 Å². The van der Waals surface area contributed by atoms with Gasteiger partial charge in [0, 0.05) is 21.9 Å². The number of fused-ring (bicyclic) bond motifs is 1. The van der Waals surface area contributed by atoms with Crippen LogP contribution in [0.3, 0.4) is 0 Å². The van der Waals surface area contributed by atoms with E-state index in [1.165, 1.54) is 4.88 Å². The van der Waals surface area contributed by atoms with Gasteiger partial charge in [-0.15, -0.1) is 11.3 Å². The van der Waals surface area contributed by atoms with Gasteiger partial charge in [0.1, 0.15) is 23.7 Å². The van der Waals surface area contributed by atoms with Gasteiger partial charge in [0.25, 0.3) is 0 Å². The van der Waals surface area contributed by atoms with Crippen molar-refractivity contribution in [1.82, 2.24) is 0 Å². The zero-order valence-electron chi connectivity index (χ0n) is 16.8. The molecular formula is C23H26O5S. The molecule has 2 heterocycles. The van der Waals surface area contributed by atoms with E-state index in [2.05, 4.69) is 25.6 Å². The molecule has 5 nitrogen and oxygen atoms in total. The Hall–Kier alpha value is -2.57. The van der Waals surface area contributed by atoms with Crippen LogP contribution in [0.25, 0.3) is 21.6 Å². The molecule has 1 unspecified atom stereocenters. The van der Waals surface area contributed by atoms with E-state index in [1.807, 2.05) is 24.3 Å². The van der Waals surface area contributed by atoms with E-state index in [4.69, 9.17) is 13.9 Å². The minimum absolute atomic E-state index is 0.00614. The largest absolute Gasteiger partial charge is 0.493 e. The van der Waals surface area contributed by atoms with E-state index in [9.17, 15) is 9.90 Å². The summed E-state index contributed by atoms with van der Waals surface area (Å²) in [5.74, 6) is 1.16. The van der Waals surface area contributed by atoms with Crippen LogP contribution in [0.1, 0.15) is 31.1 Å². The van der Waals surface area contributed by atoms with Gasteiger partial charge in [-0.1, -0.05) is 6.58 Å². The molecule has 154 valence electrons. The number of aliphatic hydroxyl groups is 1. The number of carbonyl (C=O) groups excluding carboxylic acids is 1. The van der Waals surface area contributed by atoms with Crippen LogP contribution in [0.5, 0.6) is 5.75 Å². The van der Waals surface area contributed by atoms with E-state index < -0.39 is 12.1 Å². The fourth-order valence-corrected chi connectivity index (χ4v) is 3.66. The number of hydrogen-bond donors (Lipinski definition) is 1. The number of aryl methyl sites for hydroxylation is 1. The number of unbranched alkanes of at least 4 members (excludes halogenated alkanes) is 1. The van der Waals surface area contributed by atoms with Crippen molar-refractivity contribution in [3.8, 4) is 16.4 Å². The lowest BCUT2D eigenvalue weighted by Gasteiger charge is -2.11. The summed E-state index contributed by atoms with van der Waals surface area (Å²) in [4.78, 5) is 13.7. The first kappa shape index (κ1) is 21.1. The SMILES string of the molecule is C=C(C)C(=O)OCC(O)CCCCOc1ccc2cc(-c3ccc(C)s3)oc2c1. The molecule has 2 aromatic heterocycles. The molecule has 6 heteroatoms. The molecule has 0 bridgehead atoms. The van der Waals surface area contributed by atoms with Gasteiger partial charge in [0.2, 0.25) is 0 Å². The van der Waals surface area contributed by atoms with Crippen molar-refractivity contribution in [1.29, 1.82) is 0 Å². The summed E-state index contributed by atoms with van der Waals surface area (Å²) >= 11 is 1.71. The minimum atomic E-state index is -0.669. The third-order valence-corrected chi connectivity index (χ3v) is 5.45. The summed E-state index contributed by atoms with van der Waals surface area (Å²) in [5, 5.41) is 10.9. The summed E-state index contributed by atoms with van der Waals surface area (Å²) in [5.41, 5.74) is 1.13. The second-order valence-electron chi connectivity index (χ2n) is 7.10. The van der Waals surface area contributed by atoms with Gasteiger partial charge in [-0.25, -0.2) is 4.79 Å². The Kier molecular flexibility index (Phi) is 7.12. The van der Waals surface area contributed by atoms with Crippen molar-refractivity contribution in [3.05, 3.63) is 53.4 Å². The number of thiophene rings is 1. The number of ether oxygens (including phenoxy) is 2. The molecule has 3 rings (SSSR count). The Labute approximate surface area is 174 Å². The zero-order chi connectivity index (χ0) is 20.8. The normalized spacial score (nSPS) is 12.1. The van der Waals surface area contributed by atoms with Gasteiger partial charge < -0.3 is 19.0 Å². The van der Waals surface area contributed by atoms with E-state index in [1.54, 1.807) is 18.3 Å². The van der Waals surface area contributed by atoms with Crippen LogP contribution in [0.4, 0.5) is 0 Å². The fraction of sp³-hybridized carbons (Fsp3) is 0.348. The molecule has 0 saturated carbocycles. The molecule has 0 aliphatic carbocycles. The minimum Gasteiger partial charge on any atom is -0.493 e. The van der Waals surface area contributed by atoms with Gasteiger partial charge >= 0.3 is 5.97 Å². The summed E-state index contributed by atoms with van der Waals surface area (Å²) < 4.78 is 16.7. The molecule has 0 fully saturated rings. The van der Waals surface area contributed by atoms with Crippen LogP contribution >= 0.6 is 11.3 Å².